The molecule has 5 heteroatoms. The Balaban J connectivity index is 1.76. The molecule has 2 aromatic heterocycles. The van der Waals surface area contributed by atoms with Gasteiger partial charge in [0.05, 0.1) is 0 Å². The number of furan rings is 1. The summed E-state index contributed by atoms with van der Waals surface area (Å²) in [6, 6.07) is 23.1. The number of aromatic nitrogens is 1. The van der Waals surface area contributed by atoms with Crippen LogP contribution >= 0.6 is 0 Å². The zero-order valence-corrected chi connectivity index (χ0v) is 14.2. The molecule has 2 heterocycles. The van der Waals surface area contributed by atoms with Gasteiger partial charge in [0.1, 0.15) is 16.1 Å². The van der Waals surface area contributed by atoms with E-state index in [1.165, 1.54) is 0 Å². The predicted octanol–water partition coefficient (Wildman–Crippen LogP) is 5.95. The van der Waals surface area contributed by atoms with Crippen molar-refractivity contribution >= 4 is 27.6 Å². The maximum Gasteiger partial charge on any atom is 0.442 e. The Morgan fingerprint density at radius 1 is 0.852 bits per heavy atom. The Morgan fingerprint density at radius 3 is 2.19 bits per heavy atom. The number of benzene rings is 3. The van der Waals surface area contributed by atoms with Crippen LogP contribution in [0, 0.1) is 10.1 Å². The van der Waals surface area contributed by atoms with Crippen LogP contribution in [0.1, 0.15) is 0 Å². The molecule has 0 aliphatic carbocycles. The van der Waals surface area contributed by atoms with Crippen LogP contribution in [0.4, 0.5) is 5.88 Å². The lowest BCUT2D eigenvalue weighted by Crippen LogP contribution is -1.90. The van der Waals surface area contributed by atoms with Gasteiger partial charge in [0.15, 0.2) is 0 Å². The zero-order valence-electron chi connectivity index (χ0n) is 14.2. The molecule has 5 rings (SSSR count). The Hall–Kier alpha value is -3.86. The molecular weight excluding hydrogens is 340 g/mol. The summed E-state index contributed by atoms with van der Waals surface area (Å²) in [4.78, 5) is 11.1. The van der Waals surface area contributed by atoms with E-state index in [0.29, 0.717) is 11.1 Å². The molecule has 5 aromatic rings. The molecule has 0 fully saturated rings. The van der Waals surface area contributed by atoms with Crippen LogP contribution in [-0.2, 0) is 0 Å². The first-order valence-electron chi connectivity index (χ1n) is 8.54. The van der Waals surface area contributed by atoms with E-state index in [1.54, 1.807) is 6.07 Å². The van der Waals surface area contributed by atoms with E-state index in [2.05, 4.69) is 12.1 Å². The monoisotopic (exact) mass is 354 g/mol. The van der Waals surface area contributed by atoms with Crippen molar-refractivity contribution in [2.24, 2.45) is 0 Å². The highest BCUT2D eigenvalue weighted by Crippen LogP contribution is 2.40. The maximum atomic E-state index is 11.5. The number of hydrogen-bond donors (Lipinski definition) is 0. The normalized spacial score (nSPS) is 11.3. The van der Waals surface area contributed by atoms with Gasteiger partial charge in [-0.2, -0.15) is 0 Å². The van der Waals surface area contributed by atoms with E-state index >= 15 is 0 Å². The fourth-order valence-corrected chi connectivity index (χ4v) is 3.48. The molecule has 5 nitrogen and oxygen atoms in total. The highest BCUT2D eigenvalue weighted by atomic mass is 16.6. The fourth-order valence-electron chi connectivity index (χ4n) is 3.48. The van der Waals surface area contributed by atoms with E-state index in [0.717, 1.165) is 27.4 Å². The lowest BCUT2D eigenvalue weighted by Gasteiger charge is -2.03. The highest BCUT2D eigenvalue weighted by molar-refractivity contribution is 5.99. The number of hydrogen-bond acceptors (Lipinski definition) is 3. The van der Waals surface area contributed by atoms with E-state index < -0.39 is 4.92 Å². The highest BCUT2D eigenvalue weighted by Gasteiger charge is 2.25. The van der Waals surface area contributed by atoms with Gasteiger partial charge in [-0.3, -0.25) is 10.1 Å². The van der Waals surface area contributed by atoms with Gasteiger partial charge in [-0.05, 0) is 34.5 Å². The van der Waals surface area contributed by atoms with Crippen molar-refractivity contribution in [1.82, 2.24) is 4.57 Å². The summed E-state index contributed by atoms with van der Waals surface area (Å²) in [6.07, 6.45) is 4.10. The van der Waals surface area contributed by atoms with Crippen molar-refractivity contribution < 1.29 is 9.34 Å². The average molecular weight is 354 g/mol. The lowest BCUT2D eigenvalue weighted by atomic mass is 10.0. The first-order chi connectivity index (χ1) is 13.2. The lowest BCUT2D eigenvalue weighted by molar-refractivity contribution is -0.400. The third-order valence-electron chi connectivity index (χ3n) is 4.73. The van der Waals surface area contributed by atoms with E-state index in [9.17, 15) is 10.1 Å². The Bertz CT molecular complexity index is 1270. The number of nitro groups is 1. The number of rotatable bonds is 3. The Kier molecular flexibility index (Phi) is 3.33. The quantitative estimate of drug-likeness (QED) is 0.297. The van der Waals surface area contributed by atoms with Gasteiger partial charge in [0, 0.05) is 23.5 Å². The van der Waals surface area contributed by atoms with Crippen LogP contribution in [0.3, 0.4) is 0 Å². The van der Waals surface area contributed by atoms with Gasteiger partial charge < -0.3 is 8.98 Å². The van der Waals surface area contributed by atoms with Gasteiger partial charge in [0.2, 0.25) is 0 Å². The Morgan fingerprint density at radius 2 is 1.52 bits per heavy atom. The molecule has 0 radical (unpaired) electrons. The van der Waals surface area contributed by atoms with Crippen molar-refractivity contribution in [2.45, 2.75) is 0 Å². The summed E-state index contributed by atoms with van der Waals surface area (Å²) in [5, 5.41) is 14.5. The van der Waals surface area contributed by atoms with Crippen LogP contribution in [0.2, 0.25) is 0 Å². The molecule has 0 spiro atoms. The smallest absolute Gasteiger partial charge is 0.400 e. The minimum absolute atomic E-state index is 0.231. The summed E-state index contributed by atoms with van der Waals surface area (Å²) >= 11 is 0. The van der Waals surface area contributed by atoms with Crippen LogP contribution in [0.5, 0.6) is 0 Å². The molecule has 0 aliphatic rings. The molecular formula is C22H14N2O3. The van der Waals surface area contributed by atoms with Crippen LogP contribution in [-0.4, -0.2) is 9.49 Å². The molecule has 0 saturated heterocycles. The summed E-state index contributed by atoms with van der Waals surface area (Å²) in [7, 11) is 0. The van der Waals surface area contributed by atoms with Crippen LogP contribution < -0.4 is 0 Å². The van der Waals surface area contributed by atoms with Gasteiger partial charge >= 0.3 is 5.88 Å². The molecule has 0 aliphatic heterocycles. The number of fused-ring (bicyclic) bond motifs is 2. The molecule has 0 bridgehead atoms. The first kappa shape index (κ1) is 15.4. The average Bonchev–Trinajstić information content (AvgIpc) is 3.29. The molecule has 130 valence electrons. The summed E-state index contributed by atoms with van der Waals surface area (Å²) in [6.45, 7) is 0. The van der Waals surface area contributed by atoms with Crippen molar-refractivity contribution in [3.05, 3.63) is 95.3 Å². The van der Waals surface area contributed by atoms with Gasteiger partial charge in [0.25, 0.3) is 0 Å². The SMILES string of the molecule is O=[N+]([O-])c1oc2ccc(-n3cc4ccccc4c3)cc2c1-c1ccccc1. The zero-order chi connectivity index (χ0) is 18.4. The third kappa shape index (κ3) is 2.48. The maximum absolute atomic E-state index is 11.5. The van der Waals surface area contributed by atoms with Crippen LogP contribution in [0.15, 0.2) is 89.6 Å². The molecule has 27 heavy (non-hydrogen) atoms. The number of nitrogens with zero attached hydrogens (tertiary/aromatic N) is 2. The second-order valence-electron chi connectivity index (χ2n) is 6.38. The van der Waals surface area contributed by atoms with Gasteiger partial charge in [-0.15, -0.1) is 0 Å². The standard InChI is InChI=1S/C22H14N2O3/c25-24(26)22-21(15-6-2-1-3-7-15)19-12-18(10-11-20(19)27-22)23-13-16-8-4-5-9-17(16)14-23/h1-14H. The predicted molar refractivity (Wildman–Crippen MR) is 105 cm³/mol. The molecule has 0 saturated carbocycles. The van der Waals surface area contributed by atoms with E-state index in [-0.39, 0.29) is 5.88 Å². The topological polar surface area (TPSA) is 61.2 Å². The summed E-state index contributed by atoms with van der Waals surface area (Å²) in [5.74, 6) is -0.231. The van der Waals surface area contributed by atoms with Gasteiger partial charge in [-0.25, -0.2) is 0 Å². The molecule has 0 unspecified atom stereocenters. The van der Waals surface area contributed by atoms with E-state index in [1.807, 2.05) is 71.6 Å². The fraction of sp³-hybridized carbons (Fsp3) is 0. The molecule has 0 N–H and O–H groups in total. The second-order valence-corrected chi connectivity index (χ2v) is 6.38. The van der Waals surface area contributed by atoms with Gasteiger partial charge in [-0.1, -0.05) is 54.6 Å². The second kappa shape index (κ2) is 5.85. The minimum atomic E-state index is -0.466. The third-order valence-corrected chi connectivity index (χ3v) is 4.73. The Labute approximate surface area is 154 Å². The van der Waals surface area contributed by atoms with Crippen molar-refractivity contribution in [1.29, 1.82) is 0 Å². The first-order valence-corrected chi connectivity index (χ1v) is 8.54. The largest absolute Gasteiger partial charge is 0.442 e. The molecule has 3 aromatic carbocycles. The summed E-state index contributed by atoms with van der Waals surface area (Å²) < 4.78 is 7.58. The van der Waals surface area contributed by atoms with Crippen LogP contribution in [0.25, 0.3) is 38.6 Å². The van der Waals surface area contributed by atoms with Crippen molar-refractivity contribution in [2.75, 3.05) is 0 Å². The minimum Gasteiger partial charge on any atom is -0.400 e. The molecule has 0 amide bonds. The van der Waals surface area contributed by atoms with Crippen molar-refractivity contribution in [3.63, 3.8) is 0 Å². The summed E-state index contributed by atoms with van der Waals surface area (Å²) in [5.41, 5.74) is 2.69. The van der Waals surface area contributed by atoms with E-state index in [4.69, 9.17) is 4.42 Å². The van der Waals surface area contributed by atoms with Crippen molar-refractivity contribution in [3.8, 4) is 16.8 Å². The molecule has 0 atom stereocenters.